The third-order valence-electron chi connectivity index (χ3n) is 4.85. The topological polar surface area (TPSA) is 122 Å². The van der Waals surface area contributed by atoms with Crippen molar-refractivity contribution in [2.24, 2.45) is 0 Å². The number of fused-ring (bicyclic) bond motifs is 1. The molecule has 3 N–H and O–H groups in total. The van der Waals surface area contributed by atoms with Gasteiger partial charge in [0.15, 0.2) is 11.5 Å². The smallest absolute Gasteiger partial charge is 0.407 e. The van der Waals surface area contributed by atoms with Gasteiger partial charge in [-0.15, -0.1) is 11.3 Å². The van der Waals surface area contributed by atoms with Crippen molar-refractivity contribution in [3.8, 4) is 10.7 Å². The van der Waals surface area contributed by atoms with Gasteiger partial charge >= 0.3 is 6.09 Å². The number of hydrogen-bond donors (Lipinski definition) is 3. The molecule has 176 valence electrons. The lowest BCUT2D eigenvalue weighted by Crippen LogP contribution is -2.32. The highest BCUT2D eigenvalue weighted by Gasteiger charge is 2.17. The van der Waals surface area contributed by atoms with Crippen LogP contribution in [0.25, 0.3) is 21.9 Å². The molecule has 4 aromatic rings. The molecule has 0 saturated heterocycles. The molecule has 0 aliphatic carbocycles. The van der Waals surface area contributed by atoms with E-state index in [1.54, 1.807) is 29.8 Å². The van der Waals surface area contributed by atoms with Crippen molar-refractivity contribution < 1.29 is 14.3 Å². The van der Waals surface area contributed by atoms with Crippen molar-refractivity contribution >= 4 is 34.5 Å². The molecule has 0 spiro atoms. The zero-order valence-electron chi connectivity index (χ0n) is 19.2. The van der Waals surface area contributed by atoms with Crippen molar-refractivity contribution in [1.29, 1.82) is 0 Å². The van der Waals surface area contributed by atoms with Gasteiger partial charge in [0.25, 0.3) is 5.91 Å². The number of aromatic amines is 1. The Bertz CT molecular complexity index is 1290. The van der Waals surface area contributed by atoms with E-state index in [2.05, 4.69) is 30.6 Å². The molecule has 9 nitrogen and oxygen atoms in total. The fourth-order valence-corrected chi connectivity index (χ4v) is 4.03. The van der Waals surface area contributed by atoms with Gasteiger partial charge < -0.3 is 20.4 Å². The Hall–Kier alpha value is -3.79. The summed E-state index contributed by atoms with van der Waals surface area (Å²) in [5.74, 6) is 0.473. The molecule has 0 saturated carbocycles. The lowest BCUT2D eigenvalue weighted by atomic mass is 10.1. The van der Waals surface area contributed by atoms with Crippen LogP contribution in [0.3, 0.4) is 0 Å². The second-order valence-corrected chi connectivity index (χ2v) is 9.54. The second kappa shape index (κ2) is 10.0. The molecule has 0 aromatic carbocycles. The standard InChI is InChI=1S/C24H26N6O3S/c1-24(2,3)33-23(32)28-14-17-15(6-4-10-25-17)8-11-27-22(31)16-9-12-26-21-19(16)29-20(30-21)18-7-5-13-34-18/h4-7,9-10,12-13H,8,11,14H2,1-3H3,(H,27,31)(H,28,32)(H,26,29,30). The van der Waals surface area contributed by atoms with Gasteiger partial charge in [-0.25, -0.2) is 14.8 Å². The van der Waals surface area contributed by atoms with E-state index in [4.69, 9.17) is 4.74 Å². The number of alkyl carbamates (subject to hydrolysis) is 1. The zero-order valence-corrected chi connectivity index (χ0v) is 20.0. The monoisotopic (exact) mass is 478 g/mol. The number of aromatic nitrogens is 4. The summed E-state index contributed by atoms with van der Waals surface area (Å²) in [7, 11) is 0. The number of amides is 2. The molecule has 0 aliphatic rings. The Morgan fingerprint density at radius 2 is 1.94 bits per heavy atom. The summed E-state index contributed by atoms with van der Waals surface area (Å²) in [6, 6.07) is 9.35. The van der Waals surface area contributed by atoms with Crippen molar-refractivity contribution in [3.05, 3.63) is 64.9 Å². The molecule has 34 heavy (non-hydrogen) atoms. The average Bonchev–Trinajstić information content (AvgIpc) is 3.46. The summed E-state index contributed by atoms with van der Waals surface area (Å²) in [6.07, 6.45) is 3.31. The molecule has 4 rings (SSSR count). The van der Waals surface area contributed by atoms with Gasteiger partial charge in [0.05, 0.1) is 28.2 Å². The zero-order chi connectivity index (χ0) is 24.1. The van der Waals surface area contributed by atoms with Gasteiger partial charge in [-0.05, 0) is 56.3 Å². The largest absolute Gasteiger partial charge is 0.444 e. The van der Waals surface area contributed by atoms with E-state index in [-0.39, 0.29) is 12.5 Å². The minimum absolute atomic E-state index is 0.217. The number of H-pyrrole nitrogens is 1. The number of ether oxygens (including phenoxy) is 1. The summed E-state index contributed by atoms with van der Waals surface area (Å²) in [4.78, 5) is 42.2. The highest BCUT2D eigenvalue weighted by molar-refractivity contribution is 7.13. The van der Waals surface area contributed by atoms with E-state index in [1.807, 2.05) is 50.4 Å². The third kappa shape index (κ3) is 5.76. The van der Waals surface area contributed by atoms with Crippen LogP contribution in [0.5, 0.6) is 0 Å². The Labute approximate surface area is 201 Å². The fraction of sp³-hybridized carbons (Fsp3) is 0.292. The normalized spacial score (nSPS) is 11.4. The third-order valence-corrected chi connectivity index (χ3v) is 5.73. The second-order valence-electron chi connectivity index (χ2n) is 8.59. The number of thiophene rings is 1. The lowest BCUT2D eigenvalue weighted by molar-refractivity contribution is 0.0522. The Morgan fingerprint density at radius 3 is 2.71 bits per heavy atom. The van der Waals surface area contributed by atoms with Crippen LogP contribution in [0.15, 0.2) is 48.1 Å². The molecular weight excluding hydrogens is 452 g/mol. The molecule has 0 radical (unpaired) electrons. The number of imidazole rings is 1. The van der Waals surface area contributed by atoms with Crippen LogP contribution in [0.1, 0.15) is 42.4 Å². The molecule has 0 atom stereocenters. The molecule has 0 fully saturated rings. The molecule has 0 bridgehead atoms. The minimum atomic E-state index is -0.571. The van der Waals surface area contributed by atoms with Crippen molar-refractivity contribution in [2.75, 3.05) is 6.54 Å². The van der Waals surface area contributed by atoms with Gasteiger partial charge in [-0.2, -0.15) is 0 Å². The van der Waals surface area contributed by atoms with Crippen molar-refractivity contribution in [3.63, 3.8) is 0 Å². The van der Waals surface area contributed by atoms with Gasteiger partial charge in [0, 0.05) is 18.9 Å². The maximum atomic E-state index is 12.9. The van der Waals surface area contributed by atoms with Crippen LogP contribution in [0.2, 0.25) is 0 Å². The number of nitrogens with one attached hydrogen (secondary N) is 3. The van der Waals surface area contributed by atoms with Gasteiger partial charge in [0.2, 0.25) is 0 Å². The average molecular weight is 479 g/mol. The minimum Gasteiger partial charge on any atom is -0.444 e. The number of rotatable bonds is 7. The summed E-state index contributed by atoms with van der Waals surface area (Å²) in [6.45, 7) is 6.07. The summed E-state index contributed by atoms with van der Waals surface area (Å²) in [5, 5.41) is 7.65. The number of carbonyl (C=O) groups excluding carboxylic acids is 2. The van der Waals surface area contributed by atoms with E-state index < -0.39 is 11.7 Å². The molecule has 10 heteroatoms. The molecule has 4 aromatic heterocycles. The number of carbonyl (C=O) groups is 2. The molecular formula is C24H26N6O3S. The van der Waals surface area contributed by atoms with Gasteiger partial charge in [-0.3, -0.25) is 9.78 Å². The number of nitrogens with zero attached hydrogens (tertiary/aromatic N) is 3. The van der Waals surface area contributed by atoms with Crippen LogP contribution in [-0.4, -0.2) is 44.1 Å². The van der Waals surface area contributed by atoms with E-state index in [0.29, 0.717) is 35.5 Å². The number of pyridine rings is 2. The van der Waals surface area contributed by atoms with Crippen LogP contribution in [0.4, 0.5) is 4.79 Å². The van der Waals surface area contributed by atoms with E-state index in [9.17, 15) is 9.59 Å². The first kappa shape index (κ1) is 23.4. The highest BCUT2D eigenvalue weighted by atomic mass is 32.1. The highest BCUT2D eigenvalue weighted by Crippen LogP contribution is 2.25. The van der Waals surface area contributed by atoms with Crippen LogP contribution < -0.4 is 10.6 Å². The van der Waals surface area contributed by atoms with Crippen molar-refractivity contribution in [2.45, 2.75) is 39.3 Å². The predicted molar refractivity (Wildman–Crippen MR) is 131 cm³/mol. The maximum absolute atomic E-state index is 12.9. The van der Waals surface area contributed by atoms with Gasteiger partial charge in [0.1, 0.15) is 5.60 Å². The van der Waals surface area contributed by atoms with Gasteiger partial charge in [-0.1, -0.05) is 12.1 Å². The quantitative estimate of drug-likeness (QED) is 0.368. The Kier molecular flexibility index (Phi) is 6.87. The molecule has 0 aliphatic heterocycles. The first-order chi connectivity index (χ1) is 16.3. The van der Waals surface area contributed by atoms with Crippen LogP contribution in [-0.2, 0) is 17.7 Å². The Balaban J connectivity index is 1.38. The van der Waals surface area contributed by atoms with Crippen molar-refractivity contribution in [1.82, 2.24) is 30.6 Å². The lowest BCUT2D eigenvalue weighted by Gasteiger charge is -2.19. The SMILES string of the molecule is CC(C)(C)OC(=O)NCc1ncccc1CCNC(=O)c1ccnc2nc(-c3cccs3)[nH]c12. The van der Waals surface area contributed by atoms with E-state index >= 15 is 0 Å². The first-order valence-corrected chi connectivity index (χ1v) is 11.7. The molecule has 0 unspecified atom stereocenters. The predicted octanol–water partition coefficient (Wildman–Crippen LogP) is 4.08. The van der Waals surface area contributed by atoms with E-state index in [1.165, 1.54) is 0 Å². The summed E-state index contributed by atoms with van der Waals surface area (Å²) >= 11 is 1.56. The summed E-state index contributed by atoms with van der Waals surface area (Å²) in [5.41, 5.74) is 2.67. The Morgan fingerprint density at radius 1 is 1.09 bits per heavy atom. The molecule has 2 amide bonds. The van der Waals surface area contributed by atoms with Crippen LogP contribution in [0, 0.1) is 0 Å². The molecule has 4 heterocycles. The fourth-order valence-electron chi connectivity index (χ4n) is 3.36. The van der Waals surface area contributed by atoms with Crippen LogP contribution >= 0.6 is 11.3 Å². The number of hydrogen-bond acceptors (Lipinski definition) is 7. The maximum Gasteiger partial charge on any atom is 0.407 e. The first-order valence-electron chi connectivity index (χ1n) is 10.9. The van der Waals surface area contributed by atoms with E-state index in [0.717, 1.165) is 16.1 Å². The summed E-state index contributed by atoms with van der Waals surface area (Å²) < 4.78 is 5.27.